The van der Waals surface area contributed by atoms with E-state index in [-0.39, 0.29) is 64.3 Å². The number of amides is 2. The molecule has 6 aliphatic carbocycles. The number of benzene rings is 1. The van der Waals surface area contributed by atoms with Crippen LogP contribution in [0.15, 0.2) is 35.4 Å². The summed E-state index contributed by atoms with van der Waals surface area (Å²) in [5, 5.41) is 28.6. The number of fused-ring (bicyclic) bond motifs is 7. The van der Waals surface area contributed by atoms with Crippen LogP contribution in [0.4, 0.5) is 0 Å². The van der Waals surface area contributed by atoms with Gasteiger partial charge in [0.1, 0.15) is 12.1 Å². The van der Waals surface area contributed by atoms with E-state index < -0.39 is 63.5 Å². The highest BCUT2D eigenvalue weighted by Gasteiger charge is 2.77. The fraction of sp³-hybridized carbons (Fsp3) is 0.755. The third kappa shape index (κ3) is 7.33. The van der Waals surface area contributed by atoms with E-state index in [4.69, 9.17) is 27.8 Å². The average Bonchev–Trinajstić information content (AvgIpc) is 3.57. The van der Waals surface area contributed by atoms with E-state index in [0.29, 0.717) is 68.5 Å². The van der Waals surface area contributed by atoms with Crippen molar-refractivity contribution in [2.75, 3.05) is 13.1 Å². The number of carbonyl (C=O) groups is 5. The summed E-state index contributed by atoms with van der Waals surface area (Å²) in [6.45, 7) is 22.4. The summed E-state index contributed by atoms with van der Waals surface area (Å²) in [7, 11) is 0. The number of Topliss-reactive ketones (excluding diaryl/α,β-unsaturated/α-hetero) is 1. The zero-order valence-corrected chi connectivity index (χ0v) is 42.1. The molecule has 366 valence electrons. The van der Waals surface area contributed by atoms with Gasteiger partial charge in [-0.25, -0.2) is 0 Å². The molecular weight excluding hydrogens is 856 g/mol. The van der Waals surface area contributed by atoms with Crippen LogP contribution in [-0.4, -0.2) is 76.6 Å². The molecule has 0 bridgehead atoms. The number of ether oxygens (including phenoxy) is 1. The van der Waals surface area contributed by atoms with Crippen LogP contribution in [0.1, 0.15) is 163 Å². The molecule has 2 amide bonds. The number of carboxylic acid groups (broad SMARTS) is 1. The summed E-state index contributed by atoms with van der Waals surface area (Å²) < 4.78 is 6.48. The second-order valence-corrected chi connectivity index (χ2v) is 24.5. The Morgan fingerprint density at radius 3 is 2.11 bits per heavy atom. The predicted molar refractivity (Wildman–Crippen MR) is 255 cm³/mol. The van der Waals surface area contributed by atoms with Crippen molar-refractivity contribution in [3.05, 3.63) is 46.0 Å². The third-order valence-electron chi connectivity index (χ3n) is 20.7. The maximum Gasteiger partial charge on any atom is 0.309 e. The van der Waals surface area contributed by atoms with Gasteiger partial charge in [-0.05, 0) is 158 Å². The molecule has 66 heavy (non-hydrogen) atoms. The molecule has 0 spiro atoms. The summed E-state index contributed by atoms with van der Waals surface area (Å²) >= 11 is 6.06. The molecule has 6 aliphatic rings. The smallest absolute Gasteiger partial charge is 0.309 e. The summed E-state index contributed by atoms with van der Waals surface area (Å²) in [5.41, 5.74) is 11.9. The lowest BCUT2D eigenvalue weighted by atomic mass is 9.28. The van der Waals surface area contributed by atoms with Gasteiger partial charge < -0.3 is 37.1 Å². The van der Waals surface area contributed by atoms with E-state index in [9.17, 15) is 34.2 Å². The molecule has 0 radical (unpaired) electrons. The van der Waals surface area contributed by atoms with Gasteiger partial charge in [-0.15, -0.1) is 0 Å². The lowest BCUT2D eigenvalue weighted by Crippen LogP contribution is -2.76. The number of hydrogen-bond donors (Lipinski definition) is 6. The van der Waals surface area contributed by atoms with Gasteiger partial charge >= 0.3 is 11.9 Å². The first-order chi connectivity index (χ1) is 30.6. The van der Waals surface area contributed by atoms with Gasteiger partial charge in [0.15, 0.2) is 5.78 Å². The third-order valence-corrected chi connectivity index (χ3v) is 20.9. The molecule has 1 aromatic rings. The molecule has 12 nitrogen and oxygen atoms in total. The topological polar surface area (TPSA) is 211 Å². The summed E-state index contributed by atoms with van der Waals surface area (Å²) in [6.07, 6.45) is 6.82. The molecule has 0 saturated heterocycles. The van der Waals surface area contributed by atoms with Gasteiger partial charge in [0.25, 0.3) is 5.91 Å². The lowest BCUT2D eigenvalue weighted by molar-refractivity contribution is -0.275. The number of hydrogen-bond acceptors (Lipinski definition) is 9. The van der Waals surface area contributed by atoms with Crippen molar-refractivity contribution in [2.45, 2.75) is 176 Å². The zero-order valence-electron chi connectivity index (χ0n) is 41.3. The Labute approximate surface area is 397 Å². The normalized spacial score (nSPS) is 38.4. The van der Waals surface area contributed by atoms with E-state index in [1.54, 1.807) is 24.3 Å². The second kappa shape index (κ2) is 17.3. The Kier molecular flexibility index (Phi) is 13.2. The Hall–Kier alpha value is -3.32. The maximum absolute atomic E-state index is 14.4. The number of unbranched alkanes of at least 4 members (excludes halogenated alkanes) is 1. The molecule has 12 atom stereocenters. The molecule has 0 aromatic heterocycles. The van der Waals surface area contributed by atoms with Crippen LogP contribution in [0.3, 0.4) is 0 Å². The average molecular weight is 936 g/mol. The van der Waals surface area contributed by atoms with Crippen molar-refractivity contribution < 1.29 is 38.9 Å². The number of carbonyl (C=O) groups excluding carboxylic acids is 4. The van der Waals surface area contributed by atoms with Crippen molar-refractivity contribution in [3.63, 3.8) is 0 Å². The molecule has 0 heterocycles. The SMILES string of the molecule is CC(C)C1=C2[C@@]([C@@H](O)CNC(=O)C(CCCCN)NC(=O)c3ccc(Cl)cc3)(CC[C@@]3(C)C4(C)CC[C@@]5(C)C(C)(C)[C@@H](OC(=O)[C@H]6C[C@@H](C(=O)O)C6(C)C)CC[C@]5(C)[C@H]4CC[C@]23N)CC1=O. The number of aliphatic hydroxyl groups excluding tert-OH is 1. The first kappa shape index (κ1) is 50.6. The van der Waals surface area contributed by atoms with Crippen molar-refractivity contribution in [1.82, 2.24) is 10.6 Å². The Balaban J connectivity index is 1.14. The molecule has 5 fully saturated rings. The highest BCUT2D eigenvalue weighted by Crippen LogP contribution is 2.80. The maximum atomic E-state index is 14.4. The first-order valence-corrected chi connectivity index (χ1v) is 25.2. The van der Waals surface area contributed by atoms with Crippen LogP contribution >= 0.6 is 11.6 Å². The molecule has 5 saturated carbocycles. The molecule has 2 unspecified atom stereocenters. The number of aliphatic hydroxyl groups is 1. The van der Waals surface area contributed by atoms with Gasteiger partial charge in [0, 0.05) is 39.9 Å². The Bertz CT molecular complexity index is 2160. The highest BCUT2D eigenvalue weighted by atomic mass is 35.5. The molecule has 1 aromatic carbocycles. The Morgan fingerprint density at radius 2 is 1.50 bits per heavy atom. The Morgan fingerprint density at radius 1 is 0.864 bits per heavy atom. The standard InChI is InChI=1S/C53H79ClN4O8/c1-30(2)40-36(59)28-52(38(60)29-57-43(62)35(13-11-12-26-55)58-42(61)31-14-16-32(54)17-15-31)25-24-51(10)49(8)22-23-50(9)47(5,6)39(66-45(65)34-27-33(44(63)64)46(34,3)4)19-20-48(50,7)37(49)18-21-53(51,56)41(40)52/h14-17,30,33-35,37-39,60H,11-13,18-29,55-56H2,1-10H3,(H,57,62)(H,58,61)(H,63,64)/t33-,34+,35?,37+,38-,39-,48+,49?,50-,51-,52-,53-/m0/s1. The van der Waals surface area contributed by atoms with E-state index in [2.05, 4.69) is 52.2 Å². The molecule has 0 aliphatic heterocycles. The van der Waals surface area contributed by atoms with Crippen LogP contribution in [0.2, 0.25) is 5.02 Å². The van der Waals surface area contributed by atoms with Crippen LogP contribution in [-0.2, 0) is 23.9 Å². The van der Waals surface area contributed by atoms with Gasteiger partial charge in [-0.3, -0.25) is 24.0 Å². The lowest BCUT2D eigenvalue weighted by Gasteiger charge is -2.77. The summed E-state index contributed by atoms with van der Waals surface area (Å²) in [6, 6.07) is 5.59. The number of halogens is 1. The van der Waals surface area contributed by atoms with Crippen LogP contribution < -0.4 is 22.1 Å². The van der Waals surface area contributed by atoms with Crippen LogP contribution in [0.5, 0.6) is 0 Å². The summed E-state index contributed by atoms with van der Waals surface area (Å²) in [5.74, 6) is -2.80. The van der Waals surface area contributed by atoms with E-state index in [1.807, 2.05) is 27.7 Å². The van der Waals surface area contributed by atoms with Crippen molar-refractivity contribution in [1.29, 1.82) is 0 Å². The fourth-order valence-corrected chi connectivity index (χ4v) is 15.8. The minimum atomic E-state index is -1.10. The quantitative estimate of drug-likeness (QED) is 0.0779. The molecule has 7 rings (SSSR count). The number of allylic oxidation sites excluding steroid dienone is 1. The molecule has 13 heteroatoms. The van der Waals surface area contributed by atoms with E-state index in [0.717, 1.165) is 36.8 Å². The minimum Gasteiger partial charge on any atom is -0.481 e. The number of ketones is 1. The second-order valence-electron chi connectivity index (χ2n) is 24.0. The first-order valence-electron chi connectivity index (χ1n) is 24.9. The molecule has 8 N–H and O–H groups in total. The number of aliphatic carboxylic acids is 1. The van der Waals surface area contributed by atoms with E-state index >= 15 is 0 Å². The van der Waals surface area contributed by atoms with Gasteiger partial charge in [0.05, 0.1) is 17.9 Å². The number of nitrogens with two attached hydrogens (primary N) is 2. The largest absolute Gasteiger partial charge is 0.481 e. The van der Waals surface area contributed by atoms with Crippen molar-refractivity contribution in [2.24, 2.45) is 73.0 Å². The predicted octanol–water partition coefficient (Wildman–Crippen LogP) is 8.16. The van der Waals surface area contributed by atoms with Crippen molar-refractivity contribution in [3.8, 4) is 0 Å². The van der Waals surface area contributed by atoms with E-state index in [1.165, 1.54) is 0 Å². The molecular formula is C53H79ClN4O8. The zero-order chi connectivity index (χ0) is 48.8. The van der Waals surface area contributed by atoms with Gasteiger partial charge in [0.2, 0.25) is 5.91 Å². The minimum absolute atomic E-state index is 0.0168. The number of esters is 1. The van der Waals surface area contributed by atoms with Gasteiger partial charge in [-0.2, -0.15) is 0 Å². The monoisotopic (exact) mass is 935 g/mol. The fourth-order valence-electron chi connectivity index (χ4n) is 15.7. The van der Waals surface area contributed by atoms with Crippen LogP contribution in [0.25, 0.3) is 0 Å². The number of nitrogens with one attached hydrogen (secondary N) is 2. The highest BCUT2D eigenvalue weighted by molar-refractivity contribution is 6.30. The number of carboxylic acids is 1. The van der Waals surface area contributed by atoms with Crippen molar-refractivity contribution >= 4 is 41.1 Å². The number of rotatable bonds is 14. The van der Waals surface area contributed by atoms with Crippen LogP contribution in [0, 0.1) is 61.6 Å². The summed E-state index contributed by atoms with van der Waals surface area (Å²) in [4.78, 5) is 67.4. The van der Waals surface area contributed by atoms with Gasteiger partial charge in [-0.1, -0.05) is 80.8 Å².